The van der Waals surface area contributed by atoms with Crippen molar-refractivity contribution >= 4 is 16.8 Å². The van der Waals surface area contributed by atoms with E-state index < -0.39 is 0 Å². The van der Waals surface area contributed by atoms with Crippen LogP contribution in [0.15, 0.2) is 48.5 Å². The van der Waals surface area contributed by atoms with Gasteiger partial charge < -0.3 is 14.8 Å². The van der Waals surface area contributed by atoms with Crippen LogP contribution in [0.5, 0.6) is 11.5 Å². The van der Waals surface area contributed by atoms with Crippen LogP contribution < -0.4 is 14.8 Å². The van der Waals surface area contributed by atoms with E-state index in [0.29, 0.717) is 13.2 Å². The van der Waals surface area contributed by atoms with E-state index in [1.54, 1.807) is 7.11 Å². The third-order valence-electron chi connectivity index (χ3n) is 4.86. The molecule has 4 rings (SSSR count). The van der Waals surface area contributed by atoms with Gasteiger partial charge in [-0.1, -0.05) is 18.2 Å². The van der Waals surface area contributed by atoms with Crippen molar-refractivity contribution in [3.05, 3.63) is 65.4 Å². The number of aryl methyl sites for hydroxylation is 1. The Morgan fingerprint density at radius 2 is 1.85 bits per heavy atom. The van der Waals surface area contributed by atoms with Gasteiger partial charge in [0, 0.05) is 11.1 Å². The van der Waals surface area contributed by atoms with Gasteiger partial charge >= 0.3 is 0 Å². The third-order valence-corrected chi connectivity index (χ3v) is 4.86. The van der Waals surface area contributed by atoms with E-state index in [2.05, 4.69) is 5.32 Å². The van der Waals surface area contributed by atoms with Crippen molar-refractivity contribution in [1.29, 1.82) is 0 Å². The van der Waals surface area contributed by atoms with Crippen LogP contribution in [0, 0.1) is 0 Å². The van der Waals surface area contributed by atoms with Gasteiger partial charge in [0.05, 0.1) is 24.7 Å². The molecule has 27 heavy (non-hydrogen) atoms. The lowest BCUT2D eigenvalue weighted by molar-refractivity contribution is 0.0947. The number of fused-ring (bicyclic) bond motifs is 2. The van der Waals surface area contributed by atoms with Crippen molar-refractivity contribution in [1.82, 2.24) is 10.3 Å². The first-order chi connectivity index (χ1) is 13.3. The Labute approximate surface area is 158 Å². The normalized spacial score (nSPS) is 12.6. The number of carbonyl (C=O) groups is 1. The van der Waals surface area contributed by atoms with E-state index in [1.165, 1.54) is 0 Å². The average Bonchev–Trinajstić information content (AvgIpc) is 3.17. The summed E-state index contributed by atoms with van der Waals surface area (Å²) in [7, 11) is 1.63. The van der Waals surface area contributed by atoms with Gasteiger partial charge in [-0.2, -0.15) is 0 Å². The molecule has 0 unspecified atom stereocenters. The van der Waals surface area contributed by atoms with E-state index in [0.717, 1.165) is 58.5 Å². The number of pyridine rings is 1. The summed E-state index contributed by atoms with van der Waals surface area (Å²) in [6, 6.07) is 15.3. The Kier molecular flexibility index (Phi) is 4.92. The molecule has 2 aromatic carbocycles. The van der Waals surface area contributed by atoms with E-state index in [-0.39, 0.29) is 5.91 Å². The Morgan fingerprint density at radius 1 is 1.07 bits per heavy atom. The number of benzene rings is 2. The Bertz CT molecular complexity index is 967. The molecular weight excluding hydrogens is 340 g/mol. The molecule has 1 aliphatic carbocycles. The maximum Gasteiger partial charge on any atom is 0.252 e. The monoisotopic (exact) mass is 362 g/mol. The lowest BCUT2D eigenvalue weighted by Gasteiger charge is -2.13. The number of methoxy groups -OCH3 is 1. The molecule has 138 valence electrons. The van der Waals surface area contributed by atoms with Gasteiger partial charge in [0.1, 0.15) is 18.1 Å². The molecule has 1 aromatic heterocycles. The first-order valence-corrected chi connectivity index (χ1v) is 9.22. The van der Waals surface area contributed by atoms with Gasteiger partial charge in [-0.3, -0.25) is 9.78 Å². The maximum absolute atomic E-state index is 12.9. The van der Waals surface area contributed by atoms with Crippen LogP contribution in [-0.2, 0) is 12.8 Å². The number of hydrogen-bond donors (Lipinski definition) is 1. The van der Waals surface area contributed by atoms with Crippen LogP contribution in [0.3, 0.4) is 0 Å². The van der Waals surface area contributed by atoms with Crippen molar-refractivity contribution in [3.8, 4) is 11.5 Å². The summed E-state index contributed by atoms with van der Waals surface area (Å²) in [6.45, 7) is 0.847. The highest BCUT2D eigenvalue weighted by atomic mass is 16.5. The number of nitrogens with one attached hydrogen (secondary N) is 1. The maximum atomic E-state index is 12.9. The van der Waals surface area contributed by atoms with Gasteiger partial charge in [-0.05, 0) is 55.2 Å². The van der Waals surface area contributed by atoms with Gasteiger partial charge in [0.15, 0.2) is 0 Å². The molecule has 1 heterocycles. The molecule has 1 aliphatic rings. The Hall–Kier alpha value is -3.08. The topological polar surface area (TPSA) is 60.5 Å². The fourth-order valence-corrected chi connectivity index (χ4v) is 3.56. The molecule has 1 amide bonds. The van der Waals surface area contributed by atoms with Crippen LogP contribution in [0.4, 0.5) is 0 Å². The lowest BCUT2D eigenvalue weighted by atomic mass is 10.0. The molecular formula is C22H22N2O3. The quantitative estimate of drug-likeness (QED) is 0.682. The van der Waals surface area contributed by atoms with Crippen molar-refractivity contribution < 1.29 is 14.3 Å². The number of rotatable bonds is 6. The molecule has 5 heteroatoms. The smallest absolute Gasteiger partial charge is 0.252 e. The van der Waals surface area contributed by atoms with Crippen LogP contribution in [0.1, 0.15) is 28.0 Å². The van der Waals surface area contributed by atoms with Crippen LogP contribution in [0.2, 0.25) is 0 Å². The fraction of sp³-hybridized carbons (Fsp3) is 0.273. The predicted octanol–water partition coefficient (Wildman–Crippen LogP) is 3.54. The lowest BCUT2D eigenvalue weighted by Crippen LogP contribution is -2.29. The predicted molar refractivity (Wildman–Crippen MR) is 105 cm³/mol. The molecule has 0 atom stereocenters. The van der Waals surface area contributed by atoms with Crippen LogP contribution in [0.25, 0.3) is 10.9 Å². The average molecular weight is 362 g/mol. The molecule has 0 saturated heterocycles. The van der Waals surface area contributed by atoms with E-state index >= 15 is 0 Å². The van der Waals surface area contributed by atoms with Gasteiger partial charge in [0.25, 0.3) is 5.91 Å². The van der Waals surface area contributed by atoms with E-state index in [4.69, 9.17) is 14.5 Å². The number of amides is 1. The Morgan fingerprint density at radius 3 is 2.67 bits per heavy atom. The van der Waals surface area contributed by atoms with E-state index in [9.17, 15) is 4.79 Å². The zero-order valence-electron chi connectivity index (χ0n) is 15.3. The van der Waals surface area contributed by atoms with Crippen molar-refractivity contribution in [2.24, 2.45) is 0 Å². The molecule has 0 radical (unpaired) electrons. The highest BCUT2D eigenvalue weighted by Crippen LogP contribution is 2.29. The molecule has 0 fully saturated rings. The fourth-order valence-electron chi connectivity index (χ4n) is 3.56. The summed E-state index contributed by atoms with van der Waals surface area (Å²) < 4.78 is 10.8. The van der Waals surface area contributed by atoms with Crippen molar-refractivity contribution in [3.63, 3.8) is 0 Å². The minimum absolute atomic E-state index is 0.0509. The highest BCUT2D eigenvalue weighted by Gasteiger charge is 2.23. The standard InChI is InChI=1S/C22H22N2O3/c1-26-15-9-11-16(12-10-15)27-14-13-23-22(25)21-17-5-2-3-7-19(17)24-20-8-4-6-18(20)21/h2-3,5,7,9-12H,4,6,8,13-14H2,1H3,(H,23,25). The van der Waals surface area contributed by atoms with Crippen molar-refractivity contribution in [2.45, 2.75) is 19.3 Å². The zero-order valence-corrected chi connectivity index (χ0v) is 15.3. The summed E-state index contributed by atoms with van der Waals surface area (Å²) in [6.07, 6.45) is 2.92. The van der Waals surface area contributed by atoms with E-state index in [1.807, 2.05) is 48.5 Å². The second-order valence-electron chi connectivity index (χ2n) is 6.56. The SMILES string of the molecule is COc1ccc(OCCNC(=O)c2c3c(nc4ccccc24)CCC3)cc1. The molecule has 0 aliphatic heterocycles. The summed E-state index contributed by atoms with van der Waals surface area (Å²) in [4.78, 5) is 17.6. The zero-order chi connectivity index (χ0) is 18.6. The third kappa shape index (κ3) is 3.58. The summed E-state index contributed by atoms with van der Waals surface area (Å²) in [5, 5.41) is 3.92. The molecule has 3 aromatic rings. The number of carbonyl (C=O) groups excluding carboxylic acids is 1. The highest BCUT2D eigenvalue weighted by molar-refractivity contribution is 6.07. The first kappa shape index (κ1) is 17.3. The minimum atomic E-state index is -0.0509. The molecule has 0 saturated carbocycles. The van der Waals surface area contributed by atoms with Crippen LogP contribution >= 0.6 is 0 Å². The van der Waals surface area contributed by atoms with Gasteiger partial charge in [-0.25, -0.2) is 0 Å². The Balaban J connectivity index is 1.44. The number of aromatic nitrogens is 1. The first-order valence-electron chi connectivity index (χ1n) is 9.22. The number of nitrogens with zero attached hydrogens (tertiary/aromatic N) is 1. The molecule has 0 spiro atoms. The van der Waals surface area contributed by atoms with Crippen molar-refractivity contribution in [2.75, 3.05) is 20.3 Å². The second kappa shape index (κ2) is 7.66. The molecule has 0 bridgehead atoms. The summed E-state index contributed by atoms with van der Waals surface area (Å²) in [5.74, 6) is 1.49. The number of para-hydroxylation sites is 1. The van der Waals surface area contributed by atoms with Gasteiger partial charge in [0.2, 0.25) is 0 Å². The van der Waals surface area contributed by atoms with Gasteiger partial charge in [-0.15, -0.1) is 0 Å². The second-order valence-corrected chi connectivity index (χ2v) is 6.56. The van der Waals surface area contributed by atoms with Crippen LogP contribution in [-0.4, -0.2) is 31.2 Å². The minimum Gasteiger partial charge on any atom is -0.497 e. The summed E-state index contributed by atoms with van der Waals surface area (Å²) in [5.41, 5.74) is 3.82. The molecule has 1 N–H and O–H groups in total. The molecule has 5 nitrogen and oxygen atoms in total. The number of ether oxygens (including phenoxy) is 2. The summed E-state index contributed by atoms with van der Waals surface area (Å²) >= 11 is 0. The largest absolute Gasteiger partial charge is 0.497 e. The number of hydrogen-bond acceptors (Lipinski definition) is 4.